The van der Waals surface area contributed by atoms with Gasteiger partial charge in [0.2, 0.25) is 0 Å². The standard InChI is InChI=1S/C17H22F4N2O2/c1-12-13(10-22-2-5-24-6-3-22)8-14(9-15(12)18)23-4-7-25-11-16(23)17(19,20)21/h8-9,16H,2-7,10-11H2,1H3. The van der Waals surface area contributed by atoms with Gasteiger partial charge in [-0.2, -0.15) is 13.2 Å². The Morgan fingerprint density at radius 3 is 2.44 bits per heavy atom. The molecule has 3 rings (SSSR count). The van der Waals surface area contributed by atoms with E-state index >= 15 is 0 Å². The summed E-state index contributed by atoms with van der Waals surface area (Å²) in [5, 5.41) is 0. The Balaban J connectivity index is 1.87. The van der Waals surface area contributed by atoms with Crippen molar-refractivity contribution < 1.29 is 27.0 Å². The van der Waals surface area contributed by atoms with Gasteiger partial charge in [0.1, 0.15) is 11.9 Å². The highest BCUT2D eigenvalue weighted by molar-refractivity contribution is 5.53. The largest absolute Gasteiger partial charge is 0.411 e. The van der Waals surface area contributed by atoms with Crippen molar-refractivity contribution in [3.63, 3.8) is 0 Å². The van der Waals surface area contributed by atoms with Crippen LogP contribution in [0.5, 0.6) is 0 Å². The maximum absolute atomic E-state index is 14.4. The van der Waals surface area contributed by atoms with Crippen molar-refractivity contribution in [2.24, 2.45) is 0 Å². The van der Waals surface area contributed by atoms with Gasteiger partial charge in [-0.3, -0.25) is 4.90 Å². The number of hydrogen-bond acceptors (Lipinski definition) is 4. The molecule has 0 N–H and O–H groups in total. The van der Waals surface area contributed by atoms with E-state index < -0.39 is 24.6 Å². The van der Waals surface area contributed by atoms with Crippen molar-refractivity contribution in [2.45, 2.75) is 25.7 Å². The van der Waals surface area contributed by atoms with Crippen LogP contribution < -0.4 is 4.90 Å². The van der Waals surface area contributed by atoms with Crippen LogP contribution in [0.4, 0.5) is 23.2 Å². The Hall–Kier alpha value is -1.38. The van der Waals surface area contributed by atoms with Crippen molar-refractivity contribution in [2.75, 3.05) is 51.0 Å². The molecule has 0 radical (unpaired) electrons. The predicted octanol–water partition coefficient (Wildman–Crippen LogP) is 2.73. The lowest BCUT2D eigenvalue weighted by Gasteiger charge is -2.38. The Kier molecular flexibility index (Phi) is 5.50. The van der Waals surface area contributed by atoms with Crippen molar-refractivity contribution in [3.05, 3.63) is 29.1 Å². The van der Waals surface area contributed by atoms with Crippen molar-refractivity contribution >= 4 is 5.69 Å². The third-order valence-electron chi connectivity index (χ3n) is 4.77. The van der Waals surface area contributed by atoms with Crippen molar-refractivity contribution in [1.29, 1.82) is 0 Å². The normalized spacial score (nSPS) is 23.1. The van der Waals surface area contributed by atoms with Gasteiger partial charge in [-0.1, -0.05) is 0 Å². The van der Waals surface area contributed by atoms with Gasteiger partial charge in [0.05, 0.1) is 26.4 Å². The summed E-state index contributed by atoms with van der Waals surface area (Å²) >= 11 is 0. The summed E-state index contributed by atoms with van der Waals surface area (Å²) in [6.07, 6.45) is -4.42. The molecule has 8 heteroatoms. The molecule has 0 aliphatic carbocycles. The van der Waals surface area contributed by atoms with Crippen LogP contribution in [0.3, 0.4) is 0 Å². The highest BCUT2D eigenvalue weighted by atomic mass is 19.4. The summed E-state index contributed by atoms with van der Waals surface area (Å²) in [7, 11) is 0. The lowest BCUT2D eigenvalue weighted by Crippen LogP contribution is -2.53. The summed E-state index contributed by atoms with van der Waals surface area (Å²) in [5.41, 5.74) is 1.45. The maximum Gasteiger partial charge on any atom is 0.411 e. The molecule has 0 spiro atoms. The number of ether oxygens (including phenoxy) is 2. The smallest absolute Gasteiger partial charge is 0.379 e. The van der Waals surface area contributed by atoms with E-state index in [0.717, 1.165) is 13.1 Å². The number of nitrogens with zero attached hydrogens (tertiary/aromatic N) is 2. The van der Waals surface area contributed by atoms with E-state index in [-0.39, 0.29) is 18.8 Å². The zero-order chi connectivity index (χ0) is 18.0. The highest BCUT2D eigenvalue weighted by Crippen LogP contribution is 2.33. The second kappa shape index (κ2) is 7.47. The number of hydrogen-bond donors (Lipinski definition) is 0. The number of anilines is 1. The summed E-state index contributed by atoms with van der Waals surface area (Å²) < 4.78 is 64.6. The van der Waals surface area contributed by atoms with Gasteiger partial charge in [-0.25, -0.2) is 4.39 Å². The van der Waals surface area contributed by atoms with Crippen LogP contribution in [0.15, 0.2) is 12.1 Å². The van der Waals surface area contributed by atoms with Crippen LogP contribution in [0, 0.1) is 12.7 Å². The molecule has 2 aliphatic rings. The van der Waals surface area contributed by atoms with Crippen LogP contribution >= 0.6 is 0 Å². The minimum atomic E-state index is -4.42. The monoisotopic (exact) mass is 362 g/mol. The number of alkyl halides is 3. The van der Waals surface area contributed by atoms with Gasteiger partial charge >= 0.3 is 6.18 Å². The average molecular weight is 362 g/mol. The minimum Gasteiger partial charge on any atom is -0.379 e. The van der Waals surface area contributed by atoms with E-state index in [1.165, 1.54) is 11.0 Å². The Morgan fingerprint density at radius 1 is 1.08 bits per heavy atom. The van der Waals surface area contributed by atoms with Crippen LogP contribution in [0.1, 0.15) is 11.1 Å². The Morgan fingerprint density at radius 2 is 1.76 bits per heavy atom. The van der Waals surface area contributed by atoms with E-state index in [2.05, 4.69) is 4.90 Å². The fourth-order valence-electron chi connectivity index (χ4n) is 3.23. The molecule has 0 bridgehead atoms. The lowest BCUT2D eigenvalue weighted by atomic mass is 10.0. The molecule has 2 fully saturated rings. The first-order chi connectivity index (χ1) is 11.9. The molecule has 1 unspecified atom stereocenters. The average Bonchev–Trinajstić information content (AvgIpc) is 2.59. The van der Waals surface area contributed by atoms with E-state index in [0.29, 0.717) is 30.9 Å². The second-order valence-corrected chi connectivity index (χ2v) is 6.43. The molecule has 1 aromatic carbocycles. The number of morpholine rings is 2. The molecular weight excluding hydrogens is 340 g/mol. The van der Waals surface area contributed by atoms with E-state index in [1.807, 2.05) is 0 Å². The quantitative estimate of drug-likeness (QED) is 0.772. The highest BCUT2D eigenvalue weighted by Gasteiger charge is 2.45. The van der Waals surface area contributed by atoms with Crippen molar-refractivity contribution in [1.82, 2.24) is 4.90 Å². The number of benzene rings is 1. The maximum atomic E-state index is 14.4. The van der Waals surface area contributed by atoms with Gasteiger partial charge < -0.3 is 14.4 Å². The predicted molar refractivity (Wildman–Crippen MR) is 85.2 cm³/mol. The topological polar surface area (TPSA) is 24.9 Å². The molecular formula is C17H22F4N2O2. The van der Waals surface area contributed by atoms with Crippen LogP contribution in [0.2, 0.25) is 0 Å². The van der Waals surface area contributed by atoms with Gasteiger partial charge in [0.15, 0.2) is 0 Å². The van der Waals surface area contributed by atoms with Crippen LogP contribution in [-0.2, 0) is 16.0 Å². The summed E-state index contributed by atoms with van der Waals surface area (Å²) in [5.74, 6) is -0.479. The second-order valence-electron chi connectivity index (χ2n) is 6.43. The molecule has 4 nitrogen and oxygen atoms in total. The SMILES string of the molecule is Cc1c(F)cc(N2CCOCC2C(F)(F)F)cc1CN1CCOCC1. The van der Waals surface area contributed by atoms with Crippen LogP contribution in [-0.4, -0.2) is 63.2 Å². The Labute approximate surface area is 144 Å². The summed E-state index contributed by atoms with van der Waals surface area (Å²) in [6, 6.07) is 1.12. The first-order valence-electron chi connectivity index (χ1n) is 8.36. The molecule has 2 heterocycles. The van der Waals surface area contributed by atoms with Gasteiger partial charge in [-0.15, -0.1) is 0 Å². The molecule has 0 saturated carbocycles. The molecule has 25 heavy (non-hydrogen) atoms. The molecule has 1 aromatic rings. The molecule has 0 aromatic heterocycles. The summed E-state index contributed by atoms with van der Waals surface area (Å²) in [4.78, 5) is 3.32. The number of rotatable bonds is 3. The van der Waals surface area contributed by atoms with Crippen molar-refractivity contribution in [3.8, 4) is 0 Å². The molecule has 140 valence electrons. The van der Waals surface area contributed by atoms with E-state index in [4.69, 9.17) is 9.47 Å². The molecule has 0 amide bonds. The Bertz CT molecular complexity index is 603. The van der Waals surface area contributed by atoms with Gasteiger partial charge in [0, 0.05) is 31.9 Å². The first kappa shape index (κ1) is 18.4. The fraction of sp³-hybridized carbons (Fsp3) is 0.647. The zero-order valence-electron chi connectivity index (χ0n) is 14.1. The zero-order valence-corrected chi connectivity index (χ0v) is 14.1. The molecule has 1 atom stereocenters. The summed E-state index contributed by atoms with van der Waals surface area (Å²) in [6.45, 7) is 4.70. The number of halogens is 4. The van der Waals surface area contributed by atoms with E-state index in [9.17, 15) is 17.6 Å². The molecule has 2 aliphatic heterocycles. The van der Waals surface area contributed by atoms with Gasteiger partial charge in [0.25, 0.3) is 0 Å². The third-order valence-corrected chi connectivity index (χ3v) is 4.77. The van der Waals surface area contributed by atoms with E-state index in [1.54, 1.807) is 13.0 Å². The van der Waals surface area contributed by atoms with Crippen LogP contribution in [0.25, 0.3) is 0 Å². The van der Waals surface area contributed by atoms with Gasteiger partial charge in [-0.05, 0) is 30.2 Å². The third kappa shape index (κ3) is 4.24. The first-order valence-corrected chi connectivity index (χ1v) is 8.36. The minimum absolute atomic E-state index is 0.0870. The lowest BCUT2D eigenvalue weighted by molar-refractivity contribution is -0.167. The fourth-order valence-corrected chi connectivity index (χ4v) is 3.23. The molecule has 2 saturated heterocycles.